The predicted octanol–water partition coefficient (Wildman–Crippen LogP) is 5.71. The minimum absolute atomic E-state index is 0.243. The molecule has 0 aliphatic rings. The molecule has 0 unspecified atom stereocenters. The first-order chi connectivity index (χ1) is 16.8. The van der Waals surface area contributed by atoms with Crippen molar-refractivity contribution in [1.82, 2.24) is 19.9 Å². The third-order valence-corrected chi connectivity index (χ3v) is 5.58. The Labute approximate surface area is 198 Å². The van der Waals surface area contributed by atoms with Gasteiger partial charge in [0.15, 0.2) is 0 Å². The highest BCUT2D eigenvalue weighted by Gasteiger charge is 2.31. The molecule has 0 spiro atoms. The first-order valence-corrected chi connectivity index (χ1v) is 10.7. The Hall–Kier alpha value is -4.40. The maximum absolute atomic E-state index is 12.8. The van der Waals surface area contributed by atoms with Gasteiger partial charge < -0.3 is 14.6 Å². The fourth-order valence-corrected chi connectivity index (χ4v) is 4.05. The van der Waals surface area contributed by atoms with Gasteiger partial charge in [-0.05, 0) is 67.6 Å². The molecule has 35 heavy (non-hydrogen) atoms. The number of aromatic nitrogens is 3. The van der Waals surface area contributed by atoms with Crippen LogP contribution in [0.5, 0.6) is 5.75 Å². The number of hydrogen-bond acceptors (Lipinski definition) is 4. The van der Waals surface area contributed by atoms with E-state index in [0.29, 0.717) is 16.9 Å². The molecule has 0 radical (unpaired) electrons. The first-order valence-electron chi connectivity index (χ1n) is 10.7. The van der Waals surface area contributed by atoms with E-state index in [4.69, 9.17) is 0 Å². The number of nitrogens with one attached hydrogen (secondary N) is 1. The molecule has 5 aromatic rings. The molecule has 1 amide bonds. The van der Waals surface area contributed by atoms with Gasteiger partial charge in [-0.1, -0.05) is 11.6 Å². The molecule has 0 aliphatic heterocycles. The van der Waals surface area contributed by atoms with Crippen molar-refractivity contribution in [3.05, 3.63) is 96.1 Å². The van der Waals surface area contributed by atoms with Crippen LogP contribution in [-0.4, -0.2) is 26.8 Å². The highest BCUT2D eigenvalue weighted by molar-refractivity contribution is 6.11. The van der Waals surface area contributed by atoms with E-state index in [0.717, 1.165) is 27.4 Å². The van der Waals surface area contributed by atoms with Crippen LogP contribution in [0.25, 0.3) is 27.5 Å². The molecule has 0 bridgehead atoms. The molecule has 0 fully saturated rings. The lowest BCUT2D eigenvalue weighted by molar-refractivity contribution is -0.274. The normalized spacial score (nSPS) is 11.7. The summed E-state index contributed by atoms with van der Waals surface area (Å²) in [5.41, 5.74) is 4.59. The number of halogens is 3. The summed E-state index contributed by atoms with van der Waals surface area (Å²) in [6.45, 7) is 2.25. The Kier molecular flexibility index (Phi) is 5.60. The molecule has 3 aromatic carbocycles. The van der Waals surface area contributed by atoms with E-state index in [1.807, 2.05) is 41.8 Å². The number of nitrogens with zero attached hydrogens (tertiary/aromatic N) is 3. The highest BCUT2D eigenvalue weighted by Crippen LogP contribution is 2.34. The number of carbonyl (C=O) groups is 1. The van der Waals surface area contributed by atoms with Crippen LogP contribution < -0.4 is 10.1 Å². The summed E-state index contributed by atoms with van der Waals surface area (Å²) in [5.74, 6) is -0.534. The average Bonchev–Trinajstić information content (AvgIpc) is 3.15. The Morgan fingerprint density at radius 1 is 0.971 bits per heavy atom. The summed E-state index contributed by atoms with van der Waals surface area (Å²) in [6, 6.07) is 18.8. The highest BCUT2D eigenvalue weighted by atomic mass is 19.4. The van der Waals surface area contributed by atoms with Crippen LogP contribution in [0.2, 0.25) is 0 Å². The maximum atomic E-state index is 12.8. The van der Waals surface area contributed by atoms with Gasteiger partial charge in [0.1, 0.15) is 12.1 Å². The van der Waals surface area contributed by atoms with Crippen molar-refractivity contribution in [2.45, 2.75) is 19.8 Å². The fourth-order valence-electron chi connectivity index (χ4n) is 4.05. The quantitative estimate of drug-likeness (QED) is 0.353. The Balaban J connectivity index is 1.54. The van der Waals surface area contributed by atoms with Gasteiger partial charge in [0.25, 0.3) is 5.91 Å². The van der Waals surface area contributed by atoms with Crippen molar-refractivity contribution in [2.75, 3.05) is 0 Å². The third kappa shape index (κ3) is 4.65. The van der Waals surface area contributed by atoms with E-state index < -0.39 is 6.36 Å². The fraction of sp³-hybridized carbons (Fsp3) is 0.115. The molecule has 6 nitrogen and oxygen atoms in total. The van der Waals surface area contributed by atoms with E-state index in [-0.39, 0.29) is 18.2 Å². The summed E-state index contributed by atoms with van der Waals surface area (Å²) >= 11 is 0. The van der Waals surface area contributed by atoms with Gasteiger partial charge in [0.2, 0.25) is 0 Å². The number of carbonyl (C=O) groups excluding carboxylic acids is 1. The zero-order chi connectivity index (χ0) is 24.6. The number of alkyl halides is 3. The zero-order valence-electron chi connectivity index (χ0n) is 18.5. The van der Waals surface area contributed by atoms with Gasteiger partial charge in [-0.2, -0.15) is 0 Å². The third-order valence-electron chi connectivity index (χ3n) is 5.58. The molecule has 2 heterocycles. The number of rotatable bonds is 5. The summed E-state index contributed by atoms with van der Waals surface area (Å²) < 4.78 is 43.6. The van der Waals surface area contributed by atoms with Gasteiger partial charge in [0, 0.05) is 28.2 Å². The summed E-state index contributed by atoms with van der Waals surface area (Å²) in [6.07, 6.45) is -1.72. The molecule has 0 saturated carbocycles. The van der Waals surface area contributed by atoms with E-state index >= 15 is 0 Å². The van der Waals surface area contributed by atoms with Crippen molar-refractivity contribution >= 4 is 27.7 Å². The Morgan fingerprint density at radius 3 is 2.37 bits per heavy atom. The number of aryl methyl sites for hydroxylation is 1. The number of fused-ring (bicyclic) bond motifs is 3. The topological polar surface area (TPSA) is 69.0 Å². The van der Waals surface area contributed by atoms with Gasteiger partial charge in [0.05, 0.1) is 23.3 Å². The zero-order valence-corrected chi connectivity index (χ0v) is 18.5. The SMILES string of the molecule is Cc1ccc2c(c1)c1cc(C(=O)NCc3ccncn3)ccc1n2-c1ccc(OC(F)(F)F)cc1. The second-order valence-electron chi connectivity index (χ2n) is 8.01. The Morgan fingerprint density at radius 2 is 1.69 bits per heavy atom. The van der Waals surface area contributed by atoms with Crippen LogP contribution in [0.4, 0.5) is 13.2 Å². The van der Waals surface area contributed by atoms with Crippen LogP contribution in [0.15, 0.2) is 79.3 Å². The summed E-state index contributed by atoms with van der Waals surface area (Å²) in [5, 5.41) is 4.65. The van der Waals surface area contributed by atoms with Crippen LogP contribution >= 0.6 is 0 Å². The minimum atomic E-state index is -4.75. The predicted molar refractivity (Wildman–Crippen MR) is 125 cm³/mol. The van der Waals surface area contributed by atoms with Crippen molar-refractivity contribution in [3.63, 3.8) is 0 Å². The Bertz CT molecular complexity index is 1530. The van der Waals surface area contributed by atoms with Gasteiger partial charge in [-0.3, -0.25) is 4.79 Å². The number of benzene rings is 3. The molecule has 2 aromatic heterocycles. The van der Waals surface area contributed by atoms with Crippen molar-refractivity contribution in [1.29, 1.82) is 0 Å². The van der Waals surface area contributed by atoms with Crippen molar-refractivity contribution in [2.24, 2.45) is 0 Å². The maximum Gasteiger partial charge on any atom is 0.573 e. The second-order valence-corrected chi connectivity index (χ2v) is 8.01. The van der Waals surface area contributed by atoms with Gasteiger partial charge in [-0.15, -0.1) is 13.2 Å². The summed E-state index contributed by atoms with van der Waals surface area (Å²) in [7, 11) is 0. The molecular formula is C26H19F3N4O2. The largest absolute Gasteiger partial charge is 0.573 e. The molecule has 176 valence electrons. The lowest BCUT2D eigenvalue weighted by Crippen LogP contribution is -2.23. The average molecular weight is 476 g/mol. The molecule has 0 atom stereocenters. The standard InChI is InChI=1S/C26H19F3N4O2/c1-16-2-8-23-21(12-16)22-13-17(25(34)31-14-18-10-11-30-15-32-18)3-9-24(22)33(23)19-4-6-20(7-5-19)35-26(27,28)29/h2-13,15H,14H2,1H3,(H,31,34). The molecule has 5 rings (SSSR count). The monoisotopic (exact) mass is 476 g/mol. The molecular weight excluding hydrogens is 457 g/mol. The first kappa shape index (κ1) is 22.4. The lowest BCUT2D eigenvalue weighted by Gasteiger charge is -2.11. The van der Waals surface area contributed by atoms with Crippen LogP contribution in [0.3, 0.4) is 0 Å². The van der Waals surface area contributed by atoms with Crippen LogP contribution in [0, 0.1) is 6.92 Å². The number of amides is 1. The smallest absolute Gasteiger partial charge is 0.406 e. The summed E-state index contributed by atoms with van der Waals surface area (Å²) in [4.78, 5) is 20.8. The van der Waals surface area contributed by atoms with E-state index in [1.54, 1.807) is 30.5 Å². The van der Waals surface area contributed by atoms with Crippen LogP contribution in [-0.2, 0) is 6.54 Å². The number of hydrogen-bond donors (Lipinski definition) is 1. The molecule has 1 N–H and O–H groups in total. The van der Waals surface area contributed by atoms with Gasteiger partial charge in [-0.25, -0.2) is 9.97 Å². The molecule has 0 aliphatic carbocycles. The van der Waals surface area contributed by atoms with E-state index in [2.05, 4.69) is 20.0 Å². The molecule has 0 saturated heterocycles. The van der Waals surface area contributed by atoms with Crippen molar-refractivity contribution in [3.8, 4) is 11.4 Å². The van der Waals surface area contributed by atoms with Crippen LogP contribution in [0.1, 0.15) is 21.6 Å². The second kappa shape index (κ2) is 8.75. The van der Waals surface area contributed by atoms with E-state index in [9.17, 15) is 18.0 Å². The molecule has 9 heteroatoms. The van der Waals surface area contributed by atoms with Gasteiger partial charge >= 0.3 is 6.36 Å². The lowest BCUT2D eigenvalue weighted by atomic mass is 10.1. The minimum Gasteiger partial charge on any atom is -0.406 e. The van der Waals surface area contributed by atoms with Crippen molar-refractivity contribution < 1.29 is 22.7 Å². The van der Waals surface area contributed by atoms with E-state index in [1.165, 1.54) is 18.5 Å². The number of ether oxygens (including phenoxy) is 1.